The van der Waals surface area contributed by atoms with E-state index < -0.39 is 0 Å². The maximum atomic E-state index is 4.63. The van der Waals surface area contributed by atoms with Gasteiger partial charge in [-0.3, -0.25) is 4.68 Å². The van der Waals surface area contributed by atoms with Crippen LogP contribution in [0, 0.1) is 19.8 Å². The Balaban J connectivity index is 1.83. The van der Waals surface area contributed by atoms with E-state index in [-0.39, 0.29) is 0 Å². The van der Waals surface area contributed by atoms with Crippen molar-refractivity contribution in [3.05, 3.63) is 17.5 Å². The predicted octanol–water partition coefficient (Wildman–Crippen LogP) is 3.23. The van der Waals surface area contributed by atoms with E-state index in [9.17, 15) is 0 Å². The lowest BCUT2D eigenvalue weighted by molar-refractivity contribution is 0.271. The van der Waals surface area contributed by atoms with Crippen molar-refractivity contribution in [2.75, 3.05) is 6.54 Å². The second kappa shape index (κ2) is 5.87. The minimum Gasteiger partial charge on any atom is -0.314 e. The van der Waals surface area contributed by atoms with Crippen molar-refractivity contribution < 1.29 is 0 Å². The predicted molar refractivity (Wildman–Crippen MR) is 75.8 cm³/mol. The summed E-state index contributed by atoms with van der Waals surface area (Å²) in [5, 5.41) is 8.31. The molecule has 0 spiro atoms. The fourth-order valence-corrected chi connectivity index (χ4v) is 2.71. The summed E-state index contributed by atoms with van der Waals surface area (Å²) in [4.78, 5) is 0. The van der Waals surface area contributed by atoms with Crippen molar-refractivity contribution in [2.45, 2.75) is 65.5 Å². The molecular formula is C15H27N3. The number of nitrogens with zero attached hydrogens (tertiary/aromatic N) is 2. The molecule has 1 saturated carbocycles. The van der Waals surface area contributed by atoms with E-state index in [2.05, 4.69) is 49.0 Å². The Morgan fingerprint density at radius 3 is 2.44 bits per heavy atom. The molecule has 1 N–H and O–H groups in total. The molecule has 3 nitrogen and oxygen atoms in total. The number of nitrogens with one attached hydrogen (secondary N) is 1. The highest BCUT2D eigenvalue weighted by atomic mass is 15.3. The summed E-state index contributed by atoms with van der Waals surface area (Å²) in [6.07, 6.45) is 7.30. The van der Waals surface area contributed by atoms with Crippen LogP contribution in [0.3, 0.4) is 0 Å². The molecule has 1 fully saturated rings. The van der Waals surface area contributed by atoms with Crippen molar-refractivity contribution in [1.82, 2.24) is 15.1 Å². The fraction of sp³-hybridized carbons (Fsp3) is 0.800. The van der Waals surface area contributed by atoms with Crippen LogP contribution in [0.1, 0.15) is 56.8 Å². The Labute approximate surface area is 111 Å². The molecule has 1 aliphatic rings. The SMILES string of the molecule is Cc1cn([C@H]2CC[C@H](NCC(C)C)CC2)nc1C. The van der Waals surface area contributed by atoms with Gasteiger partial charge in [-0.05, 0) is 57.6 Å². The first-order valence-electron chi connectivity index (χ1n) is 7.32. The Bertz CT molecular complexity index is 354. The topological polar surface area (TPSA) is 29.9 Å². The number of hydrogen-bond acceptors (Lipinski definition) is 2. The monoisotopic (exact) mass is 249 g/mol. The molecule has 0 atom stereocenters. The van der Waals surface area contributed by atoms with Gasteiger partial charge >= 0.3 is 0 Å². The van der Waals surface area contributed by atoms with Crippen LogP contribution in [0.4, 0.5) is 0 Å². The largest absolute Gasteiger partial charge is 0.314 e. The van der Waals surface area contributed by atoms with Crippen LogP contribution in [-0.2, 0) is 0 Å². The molecule has 1 heterocycles. The zero-order chi connectivity index (χ0) is 13.1. The van der Waals surface area contributed by atoms with Gasteiger partial charge in [0.1, 0.15) is 0 Å². The second-order valence-corrected chi connectivity index (χ2v) is 6.19. The molecule has 0 amide bonds. The molecule has 0 bridgehead atoms. The van der Waals surface area contributed by atoms with Gasteiger partial charge in [-0.1, -0.05) is 13.8 Å². The third-order valence-electron chi connectivity index (χ3n) is 4.05. The van der Waals surface area contributed by atoms with E-state index in [0.717, 1.165) is 18.5 Å². The van der Waals surface area contributed by atoms with Crippen LogP contribution in [0.2, 0.25) is 0 Å². The lowest BCUT2D eigenvalue weighted by Crippen LogP contribution is -2.36. The number of rotatable bonds is 4. The van der Waals surface area contributed by atoms with Crippen molar-refractivity contribution in [2.24, 2.45) is 5.92 Å². The van der Waals surface area contributed by atoms with Crippen LogP contribution in [-0.4, -0.2) is 22.4 Å². The molecule has 18 heavy (non-hydrogen) atoms. The highest BCUT2D eigenvalue weighted by molar-refractivity contribution is 5.13. The Kier molecular flexibility index (Phi) is 4.44. The van der Waals surface area contributed by atoms with E-state index in [0.29, 0.717) is 6.04 Å². The van der Waals surface area contributed by atoms with Gasteiger partial charge in [0.2, 0.25) is 0 Å². The Morgan fingerprint density at radius 1 is 1.28 bits per heavy atom. The van der Waals surface area contributed by atoms with Crippen LogP contribution in [0.5, 0.6) is 0 Å². The summed E-state index contributed by atoms with van der Waals surface area (Å²) in [7, 11) is 0. The molecule has 2 rings (SSSR count). The molecule has 1 aromatic rings. The average Bonchev–Trinajstić information content (AvgIpc) is 2.68. The molecule has 102 valence electrons. The first-order valence-corrected chi connectivity index (χ1v) is 7.32. The molecule has 1 aliphatic carbocycles. The Morgan fingerprint density at radius 2 is 1.94 bits per heavy atom. The number of aryl methyl sites for hydroxylation is 2. The van der Waals surface area contributed by atoms with Gasteiger partial charge in [0.25, 0.3) is 0 Å². The maximum absolute atomic E-state index is 4.63. The smallest absolute Gasteiger partial charge is 0.0622 e. The highest BCUT2D eigenvalue weighted by Gasteiger charge is 2.22. The van der Waals surface area contributed by atoms with Crippen molar-refractivity contribution >= 4 is 0 Å². The summed E-state index contributed by atoms with van der Waals surface area (Å²) in [5.74, 6) is 0.749. The van der Waals surface area contributed by atoms with E-state index >= 15 is 0 Å². The lowest BCUT2D eigenvalue weighted by atomic mass is 9.91. The third-order valence-corrected chi connectivity index (χ3v) is 4.05. The van der Waals surface area contributed by atoms with Gasteiger partial charge in [0.15, 0.2) is 0 Å². The normalized spacial score (nSPS) is 24.7. The lowest BCUT2D eigenvalue weighted by Gasteiger charge is -2.30. The van der Waals surface area contributed by atoms with Crippen molar-refractivity contribution in [1.29, 1.82) is 0 Å². The molecule has 0 aliphatic heterocycles. The zero-order valence-electron chi connectivity index (χ0n) is 12.2. The quantitative estimate of drug-likeness (QED) is 0.888. The summed E-state index contributed by atoms with van der Waals surface area (Å²) >= 11 is 0. The molecule has 0 saturated heterocycles. The molecule has 0 unspecified atom stereocenters. The molecule has 0 aromatic carbocycles. The first kappa shape index (κ1) is 13.6. The molecule has 3 heteroatoms. The zero-order valence-corrected chi connectivity index (χ0v) is 12.2. The van der Waals surface area contributed by atoms with Crippen molar-refractivity contribution in [3.8, 4) is 0 Å². The van der Waals surface area contributed by atoms with Crippen molar-refractivity contribution in [3.63, 3.8) is 0 Å². The van der Waals surface area contributed by atoms with Gasteiger partial charge in [-0.2, -0.15) is 5.10 Å². The Hall–Kier alpha value is -0.830. The minimum atomic E-state index is 0.620. The highest BCUT2D eigenvalue weighted by Crippen LogP contribution is 2.28. The van der Waals surface area contributed by atoms with Crippen LogP contribution >= 0.6 is 0 Å². The summed E-state index contributed by atoms with van der Waals surface area (Å²) < 4.78 is 2.20. The second-order valence-electron chi connectivity index (χ2n) is 6.19. The van der Waals surface area contributed by atoms with Gasteiger partial charge < -0.3 is 5.32 Å². The minimum absolute atomic E-state index is 0.620. The molecular weight excluding hydrogens is 222 g/mol. The van der Waals surface area contributed by atoms with E-state index in [4.69, 9.17) is 0 Å². The van der Waals surface area contributed by atoms with E-state index in [1.807, 2.05) is 0 Å². The average molecular weight is 249 g/mol. The molecule has 1 aromatic heterocycles. The summed E-state index contributed by atoms with van der Waals surface area (Å²) in [5.41, 5.74) is 2.49. The number of aromatic nitrogens is 2. The summed E-state index contributed by atoms with van der Waals surface area (Å²) in [6, 6.07) is 1.34. The summed E-state index contributed by atoms with van der Waals surface area (Å²) in [6.45, 7) is 9.94. The van der Waals surface area contributed by atoms with Gasteiger partial charge in [0, 0.05) is 12.2 Å². The maximum Gasteiger partial charge on any atom is 0.0622 e. The first-order chi connectivity index (χ1) is 8.56. The molecule has 0 radical (unpaired) electrons. The van der Waals surface area contributed by atoms with Gasteiger partial charge in [-0.25, -0.2) is 0 Å². The van der Waals surface area contributed by atoms with E-state index in [1.165, 1.54) is 36.9 Å². The third kappa shape index (κ3) is 3.35. The van der Waals surface area contributed by atoms with Crippen LogP contribution < -0.4 is 5.32 Å². The van der Waals surface area contributed by atoms with Crippen LogP contribution in [0.15, 0.2) is 6.20 Å². The fourth-order valence-electron chi connectivity index (χ4n) is 2.71. The standard InChI is InChI=1S/C15H27N3/c1-11(2)9-16-14-5-7-15(8-6-14)18-10-12(3)13(4)17-18/h10-11,14-16H,5-9H2,1-4H3/t14-,15-. The van der Waals surface area contributed by atoms with Gasteiger partial charge in [0.05, 0.1) is 11.7 Å². The van der Waals surface area contributed by atoms with E-state index in [1.54, 1.807) is 0 Å². The number of hydrogen-bond donors (Lipinski definition) is 1. The van der Waals surface area contributed by atoms with Gasteiger partial charge in [-0.15, -0.1) is 0 Å². The van der Waals surface area contributed by atoms with Crippen LogP contribution in [0.25, 0.3) is 0 Å².